The van der Waals surface area contributed by atoms with E-state index >= 15 is 0 Å². The molecule has 0 bridgehead atoms. The van der Waals surface area contributed by atoms with E-state index < -0.39 is 0 Å². The normalized spacial score (nSPS) is 15.0. The number of fused-ring (bicyclic) bond motifs is 1. The van der Waals surface area contributed by atoms with Crippen LogP contribution in [0.1, 0.15) is 10.6 Å². The van der Waals surface area contributed by atoms with Gasteiger partial charge < -0.3 is 14.8 Å². The SMILES string of the molecule is O=C(Nc1ccc(OCCN2CCOCC2)cc1)c1nc2ncccn2n1. The summed E-state index contributed by atoms with van der Waals surface area (Å²) in [7, 11) is 0. The van der Waals surface area contributed by atoms with Crippen molar-refractivity contribution in [2.24, 2.45) is 0 Å². The summed E-state index contributed by atoms with van der Waals surface area (Å²) in [5.74, 6) is 0.823. The first-order valence-corrected chi connectivity index (χ1v) is 8.80. The van der Waals surface area contributed by atoms with Crippen molar-refractivity contribution in [2.45, 2.75) is 0 Å². The molecule has 1 saturated heterocycles. The van der Waals surface area contributed by atoms with E-state index in [0.717, 1.165) is 38.6 Å². The summed E-state index contributed by atoms with van der Waals surface area (Å²) >= 11 is 0. The first-order valence-electron chi connectivity index (χ1n) is 8.80. The second-order valence-corrected chi connectivity index (χ2v) is 6.08. The number of aromatic nitrogens is 4. The number of nitrogens with zero attached hydrogens (tertiary/aromatic N) is 5. The van der Waals surface area contributed by atoms with Crippen molar-refractivity contribution in [1.82, 2.24) is 24.5 Å². The minimum atomic E-state index is -0.388. The van der Waals surface area contributed by atoms with Gasteiger partial charge in [-0.3, -0.25) is 9.69 Å². The van der Waals surface area contributed by atoms with Crippen molar-refractivity contribution in [1.29, 1.82) is 0 Å². The molecule has 0 spiro atoms. The van der Waals surface area contributed by atoms with Gasteiger partial charge in [0.1, 0.15) is 12.4 Å². The highest BCUT2D eigenvalue weighted by Gasteiger charge is 2.14. The van der Waals surface area contributed by atoms with Crippen LogP contribution in [0.4, 0.5) is 5.69 Å². The van der Waals surface area contributed by atoms with Crippen molar-refractivity contribution in [3.8, 4) is 5.75 Å². The molecule has 0 atom stereocenters. The number of benzene rings is 1. The molecule has 1 aromatic carbocycles. The summed E-state index contributed by atoms with van der Waals surface area (Å²) in [4.78, 5) is 22.8. The Bertz CT molecular complexity index is 872. The summed E-state index contributed by atoms with van der Waals surface area (Å²) in [6, 6.07) is 8.95. The van der Waals surface area contributed by atoms with Gasteiger partial charge >= 0.3 is 0 Å². The Hall–Kier alpha value is -3.04. The molecular formula is C18H20N6O3. The molecule has 9 nitrogen and oxygen atoms in total. The quantitative estimate of drug-likeness (QED) is 0.696. The molecule has 1 amide bonds. The molecule has 9 heteroatoms. The Balaban J connectivity index is 1.29. The standard InChI is InChI=1S/C18H20N6O3/c25-17(16-21-18-19-6-1-7-24(18)22-16)20-14-2-4-15(5-3-14)27-13-10-23-8-11-26-12-9-23/h1-7H,8-13H2,(H,20,25). The van der Waals surface area contributed by atoms with E-state index in [4.69, 9.17) is 9.47 Å². The number of rotatable bonds is 6. The third kappa shape index (κ3) is 4.39. The lowest BCUT2D eigenvalue weighted by Crippen LogP contribution is -2.38. The van der Waals surface area contributed by atoms with Crippen LogP contribution in [0.15, 0.2) is 42.7 Å². The molecule has 1 fully saturated rings. The van der Waals surface area contributed by atoms with Crippen LogP contribution in [0.5, 0.6) is 5.75 Å². The van der Waals surface area contributed by atoms with Gasteiger partial charge in [-0.05, 0) is 30.3 Å². The number of hydrogen-bond acceptors (Lipinski definition) is 7. The highest BCUT2D eigenvalue weighted by Crippen LogP contribution is 2.16. The lowest BCUT2D eigenvalue weighted by atomic mass is 10.3. The van der Waals surface area contributed by atoms with Gasteiger partial charge in [0.05, 0.1) is 13.2 Å². The fourth-order valence-corrected chi connectivity index (χ4v) is 2.77. The molecule has 3 heterocycles. The molecule has 0 unspecified atom stereocenters. The molecule has 27 heavy (non-hydrogen) atoms. The van der Waals surface area contributed by atoms with E-state index in [2.05, 4.69) is 25.3 Å². The van der Waals surface area contributed by atoms with E-state index in [1.54, 1.807) is 30.6 Å². The molecule has 1 N–H and O–H groups in total. The number of hydrogen-bond donors (Lipinski definition) is 1. The highest BCUT2D eigenvalue weighted by atomic mass is 16.5. The Labute approximate surface area is 155 Å². The van der Waals surface area contributed by atoms with E-state index in [1.807, 2.05) is 12.1 Å². The third-order valence-corrected chi connectivity index (χ3v) is 4.21. The van der Waals surface area contributed by atoms with E-state index in [-0.39, 0.29) is 11.7 Å². The Morgan fingerprint density at radius 2 is 2.04 bits per heavy atom. The summed E-state index contributed by atoms with van der Waals surface area (Å²) < 4.78 is 12.5. The summed E-state index contributed by atoms with van der Waals surface area (Å²) in [5, 5.41) is 6.88. The lowest BCUT2D eigenvalue weighted by molar-refractivity contribution is 0.0322. The minimum Gasteiger partial charge on any atom is -0.492 e. The van der Waals surface area contributed by atoms with Crippen LogP contribution in [0.3, 0.4) is 0 Å². The van der Waals surface area contributed by atoms with Gasteiger partial charge in [-0.15, -0.1) is 5.10 Å². The zero-order valence-electron chi connectivity index (χ0n) is 14.7. The van der Waals surface area contributed by atoms with Crippen molar-refractivity contribution in [3.05, 3.63) is 48.5 Å². The molecule has 4 rings (SSSR count). The zero-order valence-corrected chi connectivity index (χ0v) is 14.7. The number of morpholine rings is 1. The van der Waals surface area contributed by atoms with Gasteiger partial charge in [0, 0.05) is 37.7 Å². The van der Waals surface area contributed by atoms with Crippen molar-refractivity contribution >= 4 is 17.4 Å². The molecule has 0 radical (unpaired) electrons. The average molecular weight is 368 g/mol. The maximum atomic E-state index is 12.3. The summed E-state index contributed by atoms with van der Waals surface area (Å²) in [6.07, 6.45) is 3.29. The Morgan fingerprint density at radius 1 is 1.22 bits per heavy atom. The van der Waals surface area contributed by atoms with Gasteiger partial charge in [-0.1, -0.05) is 0 Å². The molecule has 2 aromatic heterocycles. The fourth-order valence-electron chi connectivity index (χ4n) is 2.77. The van der Waals surface area contributed by atoms with Gasteiger partial charge in [-0.2, -0.15) is 4.98 Å². The maximum absolute atomic E-state index is 12.3. The molecule has 140 valence electrons. The van der Waals surface area contributed by atoms with Crippen molar-refractivity contribution in [3.63, 3.8) is 0 Å². The number of carbonyl (C=O) groups excluding carboxylic acids is 1. The van der Waals surface area contributed by atoms with Crippen molar-refractivity contribution < 1.29 is 14.3 Å². The van der Waals surface area contributed by atoms with Gasteiger partial charge in [0.15, 0.2) is 0 Å². The molecule has 0 saturated carbocycles. The number of carbonyl (C=O) groups is 1. The maximum Gasteiger partial charge on any atom is 0.295 e. The monoisotopic (exact) mass is 368 g/mol. The topological polar surface area (TPSA) is 93.9 Å². The molecule has 0 aliphatic carbocycles. The summed E-state index contributed by atoms with van der Waals surface area (Å²) in [6.45, 7) is 4.94. The molecule has 1 aliphatic heterocycles. The Kier molecular flexibility index (Phi) is 5.22. The van der Waals surface area contributed by atoms with Crippen LogP contribution < -0.4 is 10.1 Å². The van der Waals surface area contributed by atoms with Crippen molar-refractivity contribution in [2.75, 3.05) is 44.8 Å². The second kappa shape index (κ2) is 8.11. The van der Waals surface area contributed by atoms with Crippen LogP contribution in [-0.4, -0.2) is 69.8 Å². The van der Waals surface area contributed by atoms with Gasteiger partial charge in [0.25, 0.3) is 11.7 Å². The first kappa shape index (κ1) is 17.4. The van der Waals surface area contributed by atoms with Crippen LogP contribution in [0.2, 0.25) is 0 Å². The minimum absolute atomic E-state index is 0.0690. The number of ether oxygens (including phenoxy) is 2. The van der Waals surface area contributed by atoms with Gasteiger partial charge in [-0.25, -0.2) is 9.50 Å². The largest absolute Gasteiger partial charge is 0.492 e. The van der Waals surface area contributed by atoms with E-state index in [1.165, 1.54) is 4.52 Å². The predicted octanol–water partition coefficient (Wildman–Crippen LogP) is 1.09. The number of amides is 1. The highest BCUT2D eigenvalue weighted by molar-refractivity contribution is 6.01. The predicted molar refractivity (Wildman–Crippen MR) is 97.9 cm³/mol. The molecule has 1 aliphatic rings. The molecular weight excluding hydrogens is 348 g/mol. The zero-order chi connectivity index (χ0) is 18.5. The number of anilines is 1. The summed E-state index contributed by atoms with van der Waals surface area (Å²) in [5.41, 5.74) is 0.646. The van der Waals surface area contributed by atoms with Crippen LogP contribution in [0, 0.1) is 0 Å². The fraction of sp³-hybridized carbons (Fsp3) is 0.333. The number of nitrogens with one attached hydrogen (secondary N) is 1. The van der Waals surface area contributed by atoms with Crippen LogP contribution >= 0.6 is 0 Å². The Morgan fingerprint density at radius 3 is 2.81 bits per heavy atom. The van der Waals surface area contributed by atoms with E-state index in [9.17, 15) is 4.79 Å². The second-order valence-electron chi connectivity index (χ2n) is 6.08. The van der Waals surface area contributed by atoms with Crippen LogP contribution in [0.25, 0.3) is 5.78 Å². The smallest absolute Gasteiger partial charge is 0.295 e. The van der Waals surface area contributed by atoms with Crippen LogP contribution in [-0.2, 0) is 4.74 Å². The lowest BCUT2D eigenvalue weighted by Gasteiger charge is -2.26. The first-order chi connectivity index (χ1) is 13.3. The van der Waals surface area contributed by atoms with Gasteiger partial charge in [0.2, 0.25) is 5.82 Å². The average Bonchev–Trinajstić information content (AvgIpc) is 3.15. The molecule has 3 aromatic rings. The van der Waals surface area contributed by atoms with E-state index in [0.29, 0.717) is 18.1 Å². The third-order valence-electron chi connectivity index (χ3n) is 4.21.